The maximum atomic E-state index is 12.2. The Morgan fingerprint density at radius 3 is 3.06 bits per heavy atom. The summed E-state index contributed by atoms with van der Waals surface area (Å²) in [6.45, 7) is 4.14. The Bertz CT molecular complexity index is 465. The van der Waals surface area contributed by atoms with E-state index in [1.807, 2.05) is 0 Å². The number of hydrogen-bond donors (Lipinski definition) is 2. The van der Waals surface area contributed by atoms with Crippen molar-refractivity contribution in [2.75, 3.05) is 19.6 Å². The molecule has 3 N–H and O–H groups in total. The molecule has 0 saturated carbocycles. The zero-order valence-corrected chi connectivity index (χ0v) is 10.4. The highest BCUT2D eigenvalue weighted by Gasteiger charge is 2.28. The molecular weight excluding hydrogens is 232 g/mol. The second kappa shape index (κ2) is 5.30. The highest BCUT2D eigenvalue weighted by molar-refractivity contribution is 5.92. The van der Waals surface area contributed by atoms with E-state index in [0.717, 1.165) is 19.2 Å². The Morgan fingerprint density at radius 2 is 2.44 bits per heavy atom. The van der Waals surface area contributed by atoms with Crippen LogP contribution in [0.3, 0.4) is 0 Å². The van der Waals surface area contributed by atoms with Crippen LogP contribution in [0.15, 0.2) is 17.2 Å². The molecule has 1 aromatic rings. The number of nitrogens with one attached hydrogen (secondary N) is 1. The number of aromatic amines is 1. The van der Waals surface area contributed by atoms with Crippen LogP contribution in [0.25, 0.3) is 0 Å². The van der Waals surface area contributed by atoms with E-state index in [0.29, 0.717) is 24.9 Å². The average molecular weight is 250 g/mol. The molecule has 1 aromatic heterocycles. The van der Waals surface area contributed by atoms with Gasteiger partial charge < -0.3 is 15.6 Å². The monoisotopic (exact) mass is 250 g/mol. The molecule has 18 heavy (non-hydrogen) atoms. The summed E-state index contributed by atoms with van der Waals surface area (Å²) in [4.78, 5) is 31.2. The summed E-state index contributed by atoms with van der Waals surface area (Å²) in [6.07, 6.45) is 3.44. The predicted molar refractivity (Wildman–Crippen MR) is 67.1 cm³/mol. The molecule has 0 bridgehead atoms. The van der Waals surface area contributed by atoms with E-state index in [9.17, 15) is 9.59 Å². The number of nitrogens with two attached hydrogens (primary N) is 1. The first-order chi connectivity index (χ1) is 8.61. The van der Waals surface area contributed by atoms with Crippen LogP contribution in [-0.4, -0.2) is 40.4 Å². The highest BCUT2D eigenvalue weighted by Crippen LogP contribution is 2.22. The fourth-order valence-corrected chi connectivity index (χ4v) is 2.26. The fourth-order valence-electron chi connectivity index (χ4n) is 2.26. The maximum Gasteiger partial charge on any atom is 0.273 e. The van der Waals surface area contributed by atoms with Gasteiger partial charge in [-0.2, -0.15) is 0 Å². The van der Waals surface area contributed by atoms with Crippen LogP contribution in [0.1, 0.15) is 23.8 Å². The lowest BCUT2D eigenvalue weighted by molar-refractivity contribution is 0.0612. The summed E-state index contributed by atoms with van der Waals surface area (Å²) in [5.41, 5.74) is 5.68. The number of hydrogen-bond acceptors (Lipinski definition) is 4. The maximum absolute atomic E-state index is 12.2. The summed E-state index contributed by atoms with van der Waals surface area (Å²) in [6, 6.07) is 0. The van der Waals surface area contributed by atoms with Crippen molar-refractivity contribution in [1.82, 2.24) is 14.9 Å². The smallest absolute Gasteiger partial charge is 0.273 e. The number of nitrogens with zero attached hydrogens (tertiary/aromatic N) is 2. The Labute approximate surface area is 105 Å². The molecule has 1 amide bonds. The molecule has 2 unspecified atom stereocenters. The first-order valence-corrected chi connectivity index (χ1v) is 6.16. The van der Waals surface area contributed by atoms with E-state index in [1.54, 1.807) is 4.90 Å². The number of carbonyl (C=O) groups excluding carboxylic acids is 1. The first kappa shape index (κ1) is 12.8. The quantitative estimate of drug-likeness (QED) is 0.762. The molecule has 0 spiro atoms. The third kappa shape index (κ3) is 2.59. The van der Waals surface area contributed by atoms with E-state index in [2.05, 4.69) is 16.9 Å². The summed E-state index contributed by atoms with van der Waals surface area (Å²) in [5, 5.41) is 0. The average Bonchev–Trinajstić information content (AvgIpc) is 2.39. The second-order valence-electron chi connectivity index (χ2n) is 4.81. The number of piperidine rings is 1. The molecule has 6 nitrogen and oxygen atoms in total. The Balaban J connectivity index is 2.10. The third-order valence-corrected chi connectivity index (χ3v) is 3.60. The zero-order chi connectivity index (χ0) is 13.1. The lowest BCUT2D eigenvalue weighted by Gasteiger charge is -2.36. The van der Waals surface area contributed by atoms with Crippen LogP contribution in [0.5, 0.6) is 0 Å². The zero-order valence-electron chi connectivity index (χ0n) is 10.4. The molecule has 0 radical (unpaired) electrons. The molecule has 98 valence electrons. The second-order valence-corrected chi connectivity index (χ2v) is 4.81. The van der Waals surface area contributed by atoms with Gasteiger partial charge in [0.05, 0.1) is 6.20 Å². The van der Waals surface area contributed by atoms with Crippen LogP contribution >= 0.6 is 0 Å². The molecule has 1 aliphatic rings. The van der Waals surface area contributed by atoms with Crippen LogP contribution in [-0.2, 0) is 0 Å². The van der Waals surface area contributed by atoms with Gasteiger partial charge in [-0.15, -0.1) is 0 Å². The lowest BCUT2D eigenvalue weighted by atomic mass is 9.87. The molecule has 1 saturated heterocycles. The lowest BCUT2D eigenvalue weighted by Crippen LogP contribution is -2.45. The highest BCUT2D eigenvalue weighted by atomic mass is 16.2. The molecule has 2 atom stereocenters. The fraction of sp³-hybridized carbons (Fsp3) is 0.583. The Morgan fingerprint density at radius 1 is 1.67 bits per heavy atom. The normalized spacial score (nSPS) is 24.0. The van der Waals surface area contributed by atoms with Crippen LogP contribution in [0.4, 0.5) is 0 Å². The van der Waals surface area contributed by atoms with E-state index in [-0.39, 0.29) is 17.2 Å². The summed E-state index contributed by atoms with van der Waals surface area (Å²) < 4.78 is 0. The number of H-pyrrole nitrogens is 1. The van der Waals surface area contributed by atoms with Crippen molar-refractivity contribution in [2.45, 2.75) is 13.3 Å². The van der Waals surface area contributed by atoms with Gasteiger partial charge >= 0.3 is 0 Å². The van der Waals surface area contributed by atoms with Gasteiger partial charge in [-0.3, -0.25) is 9.59 Å². The van der Waals surface area contributed by atoms with Crippen molar-refractivity contribution in [3.05, 3.63) is 28.4 Å². The van der Waals surface area contributed by atoms with E-state index in [4.69, 9.17) is 5.73 Å². The van der Waals surface area contributed by atoms with Crippen LogP contribution < -0.4 is 11.3 Å². The topological polar surface area (TPSA) is 92.1 Å². The summed E-state index contributed by atoms with van der Waals surface area (Å²) in [5.74, 6) is 0.740. The van der Waals surface area contributed by atoms with Crippen molar-refractivity contribution in [3.63, 3.8) is 0 Å². The van der Waals surface area contributed by atoms with Gasteiger partial charge in [-0.05, 0) is 24.8 Å². The Hall–Kier alpha value is -1.69. The molecule has 2 heterocycles. The number of carbonyl (C=O) groups is 1. The minimum Gasteiger partial charge on any atom is -0.337 e. The summed E-state index contributed by atoms with van der Waals surface area (Å²) >= 11 is 0. The molecule has 0 aliphatic carbocycles. The number of amides is 1. The van der Waals surface area contributed by atoms with Gasteiger partial charge in [0, 0.05) is 19.3 Å². The molecule has 2 rings (SSSR count). The van der Waals surface area contributed by atoms with Gasteiger partial charge in [0.15, 0.2) is 0 Å². The number of rotatable bonds is 2. The van der Waals surface area contributed by atoms with Gasteiger partial charge in [0.1, 0.15) is 5.69 Å². The molecule has 0 aromatic carbocycles. The molecule has 1 aliphatic heterocycles. The number of aromatic nitrogens is 2. The van der Waals surface area contributed by atoms with Crippen LogP contribution in [0.2, 0.25) is 0 Å². The minimum atomic E-state index is -0.307. The van der Waals surface area contributed by atoms with Gasteiger partial charge in [-0.25, -0.2) is 4.98 Å². The predicted octanol–water partition coefficient (Wildman–Crippen LogP) is -0.173. The first-order valence-electron chi connectivity index (χ1n) is 6.16. The molecule has 6 heteroatoms. The van der Waals surface area contributed by atoms with Crippen molar-refractivity contribution in [3.8, 4) is 0 Å². The van der Waals surface area contributed by atoms with E-state index >= 15 is 0 Å². The molecule has 1 fully saturated rings. The van der Waals surface area contributed by atoms with Gasteiger partial charge in [0.2, 0.25) is 0 Å². The third-order valence-electron chi connectivity index (χ3n) is 3.60. The SMILES string of the molecule is CC1CCN(C(=O)c2c[nH]c(=O)cn2)CC1CN. The van der Waals surface area contributed by atoms with Gasteiger partial charge in [0.25, 0.3) is 11.5 Å². The Kier molecular flexibility index (Phi) is 3.76. The molecular formula is C12H18N4O2. The van der Waals surface area contributed by atoms with Crippen molar-refractivity contribution >= 4 is 5.91 Å². The largest absolute Gasteiger partial charge is 0.337 e. The standard InChI is InChI=1S/C12H18N4O2/c1-8-2-3-16(7-9(8)4-13)12(18)10-5-15-11(17)6-14-10/h5-6,8-9H,2-4,7,13H2,1H3,(H,15,17). The minimum absolute atomic E-state index is 0.142. The van der Waals surface area contributed by atoms with Crippen molar-refractivity contribution in [2.24, 2.45) is 17.6 Å². The van der Waals surface area contributed by atoms with E-state index in [1.165, 1.54) is 6.20 Å². The summed E-state index contributed by atoms with van der Waals surface area (Å²) in [7, 11) is 0. The van der Waals surface area contributed by atoms with Crippen LogP contribution in [0, 0.1) is 11.8 Å². The van der Waals surface area contributed by atoms with Crippen molar-refractivity contribution in [1.29, 1.82) is 0 Å². The van der Waals surface area contributed by atoms with E-state index < -0.39 is 0 Å². The van der Waals surface area contributed by atoms with Crippen molar-refractivity contribution < 1.29 is 4.79 Å². The number of likely N-dealkylation sites (tertiary alicyclic amines) is 1. The van der Waals surface area contributed by atoms with Gasteiger partial charge in [-0.1, -0.05) is 6.92 Å².